The van der Waals surface area contributed by atoms with Gasteiger partial charge < -0.3 is 19.7 Å². The molecule has 0 aromatic heterocycles. The number of amides is 2. The van der Waals surface area contributed by atoms with Crippen LogP contribution in [0.5, 0.6) is 11.5 Å². The summed E-state index contributed by atoms with van der Waals surface area (Å²) in [4.78, 5) is 26.8. The first-order valence-electron chi connectivity index (χ1n) is 10.5. The van der Waals surface area contributed by atoms with Crippen LogP contribution in [0.2, 0.25) is 0 Å². The predicted molar refractivity (Wildman–Crippen MR) is 107 cm³/mol. The van der Waals surface area contributed by atoms with Gasteiger partial charge in [0, 0.05) is 25.0 Å². The number of methoxy groups -OCH3 is 1. The number of rotatable bonds is 9. The Morgan fingerprint density at radius 3 is 2.36 bits per heavy atom. The molecule has 28 heavy (non-hydrogen) atoms. The third kappa shape index (κ3) is 6.14. The number of nitrogens with one attached hydrogen (secondary N) is 1. The smallest absolute Gasteiger partial charge is 0.260 e. The summed E-state index contributed by atoms with van der Waals surface area (Å²) in [5.41, 5.74) is 0. The number of carbonyl (C=O) groups is 2. The molecule has 0 radical (unpaired) electrons. The lowest BCUT2D eigenvalue weighted by Gasteiger charge is -2.23. The summed E-state index contributed by atoms with van der Waals surface area (Å²) in [6.45, 7) is 0.415. The molecule has 0 unspecified atom stereocenters. The van der Waals surface area contributed by atoms with Crippen molar-refractivity contribution in [2.75, 3.05) is 20.3 Å². The monoisotopic (exact) mass is 388 g/mol. The van der Waals surface area contributed by atoms with Crippen molar-refractivity contribution in [3.05, 3.63) is 24.3 Å². The van der Waals surface area contributed by atoms with E-state index in [0.29, 0.717) is 30.5 Å². The first-order valence-corrected chi connectivity index (χ1v) is 10.5. The normalized spacial score (nSPS) is 17.5. The molecule has 0 saturated heterocycles. The average molecular weight is 389 g/mol. The maximum absolute atomic E-state index is 12.7. The third-order valence-electron chi connectivity index (χ3n) is 5.53. The predicted octanol–water partition coefficient (Wildman–Crippen LogP) is 3.29. The topological polar surface area (TPSA) is 67.9 Å². The molecule has 0 bridgehead atoms. The average Bonchev–Trinajstić information content (AvgIpc) is 3.55. The Morgan fingerprint density at radius 2 is 1.71 bits per heavy atom. The third-order valence-corrected chi connectivity index (χ3v) is 5.53. The van der Waals surface area contributed by atoms with Gasteiger partial charge in [0.05, 0.1) is 7.11 Å². The van der Waals surface area contributed by atoms with Crippen LogP contribution in [0.15, 0.2) is 24.3 Å². The quantitative estimate of drug-likeness (QED) is 0.659. The minimum atomic E-state index is -0.0735. The molecule has 0 atom stereocenters. The molecular weight excluding hydrogens is 356 g/mol. The van der Waals surface area contributed by atoms with Gasteiger partial charge in [0.1, 0.15) is 0 Å². The molecule has 154 valence electrons. The number of para-hydroxylation sites is 2. The fourth-order valence-corrected chi connectivity index (χ4v) is 3.80. The summed E-state index contributed by atoms with van der Waals surface area (Å²) in [5.74, 6) is 1.14. The second-order valence-corrected chi connectivity index (χ2v) is 7.76. The fourth-order valence-electron chi connectivity index (χ4n) is 3.80. The zero-order chi connectivity index (χ0) is 19.8. The van der Waals surface area contributed by atoms with Gasteiger partial charge in [-0.1, -0.05) is 37.8 Å². The molecule has 6 heteroatoms. The largest absolute Gasteiger partial charge is 0.493 e. The van der Waals surface area contributed by atoms with Gasteiger partial charge in [0.25, 0.3) is 5.91 Å². The number of ether oxygens (including phenoxy) is 2. The van der Waals surface area contributed by atoms with Crippen molar-refractivity contribution in [1.82, 2.24) is 10.2 Å². The number of hydrogen-bond acceptors (Lipinski definition) is 4. The summed E-state index contributed by atoms with van der Waals surface area (Å²) in [6, 6.07) is 7.84. The van der Waals surface area contributed by atoms with E-state index >= 15 is 0 Å². The molecule has 2 saturated carbocycles. The van der Waals surface area contributed by atoms with Crippen LogP contribution in [-0.2, 0) is 9.59 Å². The molecule has 3 rings (SSSR count). The minimum absolute atomic E-state index is 0.0406. The van der Waals surface area contributed by atoms with Crippen molar-refractivity contribution in [2.45, 2.75) is 69.9 Å². The summed E-state index contributed by atoms with van der Waals surface area (Å²) < 4.78 is 10.9. The number of benzene rings is 1. The van der Waals surface area contributed by atoms with Crippen LogP contribution in [-0.4, -0.2) is 49.1 Å². The van der Waals surface area contributed by atoms with Crippen LogP contribution < -0.4 is 14.8 Å². The molecule has 6 nitrogen and oxygen atoms in total. The Labute approximate surface area is 167 Å². The van der Waals surface area contributed by atoms with Gasteiger partial charge in [0.15, 0.2) is 18.1 Å². The molecule has 2 amide bonds. The summed E-state index contributed by atoms with van der Waals surface area (Å²) in [7, 11) is 1.58. The van der Waals surface area contributed by atoms with E-state index in [2.05, 4.69) is 5.32 Å². The van der Waals surface area contributed by atoms with Gasteiger partial charge in [0.2, 0.25) is 5.91 Å². The van der Waals surface area contributed by atoms with Crippen molar-refractivity contribution < 1.29 is 19.1 Å². The number of nitrogens with zero attached hydrogens (tertiary/aromatic N) is 1. The van der Waals surface area contributed by atoms with E-state index < -0.39 is 0 Å². The molecule has 2 fully saturated rings. The minimum Gasteiger partial charge on any atom is -0.493 e. The molecule has 1 N–H and O–H groups in total. The highest BCUT2D eigenvalue weighted by Crippen LogP contribution is 2.29. The van der Waals surface area contributed by atoms with Gasteiger partial charge in [-0.2, -0.15) is 0 Å². The Bertz CT molecular complexity index is 652. The van der Waals surface area contributed by atoms with E-state index in [-0.39, 0.29) is 24.5 Å². The van der Waals surface area contributed by atoms with Crippen molar-refractivity contribution in [3.8, 4) is 11.5 Å². The molecule has 2 aliphatic rings. The molecule has 0 heterocycles. The second kappa shape index (κ2) is 10.3. The van der Waals surface area contributed by atoms with Crippen molar-refractivity contribution >= 4 is 11.8 Å². The summed E-state index contributed by atoms with van der Waals surface area (Å²) in [6.07, 6.45) is 9.43. The van der Waals surface area contributed by atoms with Crippen molar-refractivity contribution in [2.24, 2.45) is 0 Å². The van der Waals surface area contributed by atoms with Gasteiger partial charge >= 0.3 is 0 Å². The Balaban J connectivity index is 1.46. The van der Waals surface area contributed by atoms with E-state index in [0.717, 1.165) is 25.7 Å². The Hall–Kier alpha value is -2.24. The zero-order valence-corrected chi connectivity index (χ0v) is 16.8. The van der Waals surface area contributed by atoms with Gasteiger partial charge in [-0.15, -0.1) is 0 Å². The molecule has 1 aromatic carbocycles. The lowest BCUT2D eigenvalue weighted by Crippen LogP contribution is -2.41. The van der Waals surface area contributed by atoms with E-state index in [4.69, 9.17) is 9.47 Å². The second-order valence-electron chi connectivity index (χ2n) is 7.76. The maximum atomic E-state index is 12.7. The van der Waals surface area contributed by atoms with Crippen LogP contribution in [0.3, 0.4) is 0 Å². The molecule has 1 aromatic rings. The molecule has 0 aliphatic heterocycles. The Kier molecular flexibility index (Phi) is 7.57. The lowest BCUT2D eigenvalue weighted by molar-refractivity contribution is -0.134. The van der Waals surface area contributed by atoms with E-state index in [1.54, 1.807) is 19.2 Å². The highest BCUT2D eigenvalue weighted by atomic mass is 16.5. The van der Waals surface area contributed by atoms with E-state index in [1.807, 2.05) is 17.0 Å². The highest BCUT2D eigenvalue weighted by Gasteiger charge is 2.33. The SMILES string of the molecule is COc1ccccc1OCC(=O)N(CCC(=O)NC1CCCCCC1)C1CC1. The van der Waals surface area contributed by atoms with Crippen molar-refractivity contribution in [3.63, 3.8) is 0 Å². The van der Waals surface area contributed by atoms with Gasteiger partial charge in [-0.05, 0) is 37.8 Å². The lowest BCUT2D eigenvalue weighted by atomic mass is 10.1. The van der Waals surface area contributed by atoms with Crippen LogP contribution >= 0.6 is 0 Å². The maximum Gasteiger partial charge on any atom is 0.260 e. The van der Waals surface area contributed by atoms with Gasteiger partial charge in [-0.25, -0.2) is 0 Å². The van der Waals surface area contributed by atoms with Crippen LogP contribution in [0.1, 0.15) is 57.8 Å². The zero-order valence-electron chi connectivity index (χ0n) is 16.8. The van der Waals surface area contributed by atoms with Crippen molar-refractivity contribution in [1.29, 1.82) is 0 Å². The number of carbonyl (C=O) groups excluding carboxylic acids is 2. The first kappa shape index (κ1) is 20.5. The first-order chi connectivity index (χ1) is 13.7. The summed E-state index contributed by atoms with van der Waals surface area (Å²) >= 11 is 0. The van der Waals surface area contributed by atoms with Crippen LogP contribution in [0.25, 0.3) is 0 Å². The summed E-state index contributed by atoms with van der Waals surface area (Å²) in [5, 5.41) is 3.16. The molecule has 0 spiro atoms. The fraction of sp³-hybridized carbons (Fsp3) is 0.636. The highest BCUT2D eigenvalue weighted by molar-refractivity contribution is 5.80. The van der Waals surface area contributed by atoms with Crippen LogP contribution in [0, 0.1) is 0 Å². The van der Waals surface area contributed by atoms with E-state index in [9.17, 15) is 9.59 Å². The van der Waals surface area contributed by atoms with Crippen LogP contribution in [0.4, 0.5) is 0 Å². The van der Waals surface area contributed by atoms with Gasteiger partial charge in [-0.3, -0.25) is 9.59 Å². The molecule has 2 aliphatic carbocycles. The van der Waals surface area contributed by atoms with E-state index in [1.165, 1.54) is 25.7 Å². The Morgan fingerprint density at radius 1 is 1.04 bits per heavy atom. The number of hydrogen-bond donors (Lipinski definition) is 1. The molecular formula is C22H32N2O4. The standard InChI is InChI=1S/C22H32N2O4/c1-27-19-10-6-7-11-20(19)28-16-22(26)24(18-12-13-18)15-14-21(25)23-17-8-4-2-3-5-9-17/h6-7,10-11,17-18H,2-5,8-9,12-16H2,1H3,(H,23,25).